The summed E-state index contributed by atoms with van der Waals surface area (Å²) in [5.41, 5.74) is 0.763. The van der Waals surface area contributed by atoms with E-state index in [-0.39, 0.29) is 30.6 Å². The van der Waals surface area contributed by atoms with E-state index in [1.807, 2.05) is 0 Å². The summed E-state index contributed by atoms with van der Waals surface area (Å²) in [4.78, 5) is 13.4. The standard InChI is InChI=1S/C14H23N3O5S/c1-15-23(20,21)13-6-4-11(5-7-13)8-16-14(19)17(2)9-12(18)10-22-3/h4-7,12,15,18H,8-10H2,1-3H3,(H,16,19). The molecule has 0 saturated heterocycles. The average molecular weight is 345 g/mol. The van der Waals surface area contributed by atoms with Crippen LogP contribution in [0, 0.1) is 0 Å². The van der Waals surface area contributed by atoms with Crippen molar-refractivity contribution in [3.63, 3.8) is 0 Å². The first-order valence-corrected chi connectivity index (χ1v) is 8.47. The van der Waals surface area contributed by atoms with Gasteiger partial charge in [0.2, 0.25) is 10.0 Å². The zero-order chi connectivity index (χ0) is 17.5. The number of nitrogens with one attached hydrogen (secondary N) is 2. The number of urea groups is 1. The molecule has 3 N–H and O–H groups in total. The van der Waals surface area contributed by atoms with Crippen molar-refractivity contribution in [2.45, 2.75) is 17.5 Å². The van der Waals surface area contributed by atoms with E-state index < -0.39 is 16.1 Å². The number of sulfonamides is 1. The summed E-state index contributed by atoms with van der Waals surface area (Å²) in [5, 5.41) is 12.3. The molecule has 130 valence electrons. The molecule has 0 aliphatic heterocycles. The highest BCUT2D eigenvalue weighted by atomic mass is 32.2. The van der Waals surface area contributed by atoms with Crippen LogP contribution in [0.15, 0.2) is 29.2 Å². The average Bonchev–Trinajstić information content (AvgIpc) is 2.53. The summed E-state index contributed by atoms with van der Waals surface area (Å²) in [6.07, 6.45) is -0.748. The summed E-state index contributed by atoms with van der Waals surface area (Å²) < 4.78 is 30.2. The highest BCUT2D eigenvalue weighted by Gasteiger charge is 2.14. The number of hydrogen-bond donors (Lipinski definition) is 3. The van der Waals surface area contributed by atoms with Crippen LogP contribution in [0.5, 0.6) is 0 Å². The fourth-order valence-corrected chi connectivity index (χ4v) is 2.59. The lowest BCUT2D eigenvalue weighted by molar-refractivity contribution is 0.0489. The van der Waals surface area contributed by atoms with Crippen molar-refractivity contribution >= 4 is 16.1 Å². The smallest absolute Gasteiger partial charge is 0.317 e. The van der Waals surface area contributed by atoms with E-state index in [1.54, 1.807) is 19.2 Å². The van der Waals surface area contributed by atoms with Crippen molar-refractivity contribution in [3.05, 3.63) is 29.8 Å². The summed E-state index contributed by atoms with van der Waals surface area (Å²) in [6.45, 7) is 0.557. The third-order valence-electron chi connectivity index (χ3n) is 3.14. The van der Waals surface area contributed by atoms with Gasteiger partial charge in [0, 0.05) is 20.7 Å². The van der Waals surface area contributed by atoms with Gasteiger partial charge in [-0.2, -0.15) is 0 Å². The van der Waals surface area contributed by atoms with E-state index in [0.29, 0.717) is 0 Å². The van der Waals surface area contributed by atoms with Gasteiger partial charge in [0.05, 0.1) is 24.2 Å². The SMILES string of the molecule is CNS(=O)(=O)c1ccc(CNC(=O)N(C)CC(O)COC)cc1. The molecule has 0 spiro atoms. The first-order valence-electron chi connectivity index (χ1n) is 6.98. The van der Waals surface area contributed by atoms with E-state index in [9.17, 15) is 18.3 Å². The third kappa shape index (κ3) is 6.14. The number of nitrogens with zero attached hydrogens (tertiary/aromatic N) is 1. The van der Waals surface area contributed by atoms with Crippen molar-refractivity contribution < 1.29 is 23.1 Å². The lowest BCUT2D eigenvalue weighted by atomic mass is 10.2. The van der Waals surface area contributed by atoms with Gasteiger partial charge in [-0.05, 0) is 24.7 Å². The molecule has 0 fully saturated rings. The van der Waals surface area contributed by atoms with Crippen LogP contribution in [0.25, 0.3) is 0 Å². The zero-order valence-electron chi connectivity index (χ0n) is 13.4. The lowest BCUT2D eigenvalue weighted by Crippen LogP contribution is -2.42. The van der Waals surface area contributed by atoms with Crippen LogP contribution < -0.4 is 10.0 Å². The Bertz CT molecular complexity index is 603. The van der Waals surface area contributed by atoms with E-state index in [2.05, 4.69) is 10.0 Å². The van der Waals surface area contributed by atoms with Gasteiger partial charge in [-0.1, -0.05) is 12.1 Å². The van der Waals surface area contributed by atoms with Crippen LogP contribution in [0.3, 0.4) is 0 Å². The Labute approximate surface area is 136 Å². The number of aliphatic hydroxyl groups excluding tert-OH is 1. The highest BCUT2D eigenvalue weighted by molar-refractivity contribution is 7.89. The maximum absolute atomic E-state index is 11.9. The molecule has 0 aliphatic carbocycles. The fraction of sp³-hybridized carbons (Fsp3) is 0.500. The van der Waals surface area contributed by atoms with Crippen LogP contribution >= 0.6 is 0 Å². The molecule has 1 rings (SSSR count). The molecule has 9 heteroatoms. The summed E-state index contributed by atoms with van der Waals surface area (Å²) in [6, 6.07) is 5.86. The van der Waals surface area contributed by atoms with Crippen LogP contribution in [0.1, 0.15) is 5.56 Å². The molecular formula is C14H23N3O5S. The van der Waals surface area contributed by atoms with Gasteiger partial charge in [0.15, 0.2) is 0 Å². The van der Waals surface area contributed by atoms with Crippen molar-refractivity contribution in [2.75, 3.05) is 34.4 Å². The molecule has 0 bridgehead atoms. The van der Waals surface area contributed by atoms with Gasteiger partial charge in [0.25, 0.3) is 0 Å². The van der Waals surface area contributed by atoms with E-state index >= 15 is 0 Å². The number of hydrogen-bond acceptors (Lipinski definition) is 5. The number of aliphatic hydroxyl groups is 1. The van der Waals surface area contributed by atoms with Gasteiger partial charge < -0.3 is 20.1 Å². The lowest BCUT2D eigenvalue weighted by Gasteiger charge is -2.21. The maximum Gasteiger partial charge on any atom is 0.317 e. The minimum absolute atomic E-state index is 0.152. The second-order valence-electron chi connectivity index (χ2n) is 5.00. The number of carbonyl (C=O) groups excluding carboxylic acids is 1. The molecule has 2 amide bonds. The molecule has 0 radical (unpaired) electrons. The number of methoxy groups -OCH3 is 1. The van der Waals surface area contributed by atoms with Gasteiger partial charge in [-0.15, -0.1) is 0 Å². The quantitative estimate of drug-likeness (QED) is 0.602. The second-order valence-corrected chi connectivity index (χ2v) is 6.89. The molecular weight excluding hydrogens is 322 g/mol. The summed E-state index contributed by atoms with van der Waals surface area (Å²) in [5.74, 6) is 0. The monoisotopic (exact) mass is 345 g/mol. The van der Waals surface area contributed by atoms with Crippen molar-refractivity contribution in [3.8, 4) is 0 Å². The van der Waals surface area contributed by atoms with Crippen LogP contribution in [0.2, 0.25) is 0 Å². The Kier molecular flexibility index (Phi) is 7.43. The number of benzene rings is 1. The normalized spacial score (nSPS) is 12.7. The molecule has 1 aromatic carbocycles. The number of carbonyl (C=O) groups is 1. The Morgan fingerprint density at radius 3 is 2.48 bits per heavy atom. The largest absolute Gasteiger partial charge is 0.389 e. The van der Waals surface area contributed by atoms with Crippen molar-refractivity contribution in [1.29, 1.82) is 0 Å². The van der Waals surface area contributed by atoms with Crippen molar-refractivity contribution in [2.24, 2.45) is 0 Å². The summed E-state index contributed by atoms with van der Waals surface area (Å²) in [7, 11) is 0.920. The Hall–Kier alpha value is -1.68. The van der Waals surface area contributed by atoms with E-state index in [4.69, 9.17) is 4.74 Å². The molecule has 1 aromatic rings. The number of rotatable bonds is 8. The summed E-state index contributed by atoms with van der Waals surface area (Å²) >= 11 is 0. The highest BCUT2D eigenvalue weighted by Crippen LogP contribution is 2.10. The fourth-order valence-electron chi connectivity index (χ4n) is 1.86. The Morgan fingerprint density at radius 1 is 1.35 bits per heavy atom. The predicted octanol–water partition coefficient (Wildman–Crippen LogP) is -0.257. The molecule has 8 nitrogen and oxygen atoms in total. The number of amides is 2. The van der Waals surface area contributed by atoms with Crippen LogP contribution in [-0.4, -0.2) is 64.9 Å². The first-order chi connectivity index (χ1) is 10.8. The minimum atomic E-state index is -3.46. The van der Waals surface area contributed by atoms with Gasteiger partial charge in [-0.25, -0.2) is 17.9 Å². The molecule has 0 heterocycles. The van der Waals surface area contributed by atoms with Gasteiger partial charge in [0.1, 0.15) is 0 Å². The van der Waals surface area contributed by atoms with Gasteiger partial charge >= 0.3 is 6.03 Å². The van der Waals surface area contributed by atoms with Crippen LogP contribution in [0.4, 0.5) is 4.79 Å². The second kappa shape index (κ2) is 8.82. The topological polar surface area (TPSA) is 108 Å². The van der Waals surface area contributed by atoms with E-state index in [0.717, 1.165) is 5.56 Å². The zero-order valence-corrected chi connectivity index (χ0v) is 14.3. The van der Waals surface area contributed by atoms with E-state index in [1.165, 1.54) is 31.2 Å². The third-order valence-corrected chi connectivity index (χ3v) is 4.57. The molecule has 0 aromatic heterocycles. The number of ether oxygens (including phenoxy) is 1. The Morgan fingerprint density at radius 2 is 1.96 bits per heavy atom. The molecule has 1 unspecified atom stereocenters. The number of likely N-dealkylation sites (N-methyl/N-ethyl adjacent to an activating group) is 1. The van der Waals surface area contributed by atoms with Crippen molar-refractivity contribution in [1.82, 2.24) is 14.9 Å². The van der Waals surface area contributed by atoms with Gasteiger partial charge in [-0.3, -0.25) is 0 Å². The predicted molar refractivity (Wildman–Crippen MR) is 85.4 cm³/mol. The van der Waals surface area contributed by atoms with Crippen LogP contribution in [-0.2, 0) is 21.3 Å². The molecule has 0 saturated carbocycles. The first kappa shape index (κ1) is 19.4. The molecule has 1 atom stereocenters. The minimum Gasteiger partial charge on any atom is -0.389 e. The molecule has 23 heavy (non-hydrogen) atoms. The Balaban J connectivity index is 2.53. The maximum atomic E-state index is 11.9. The molecule has 0 aliphatic rings.